The predicted molar refractivity (Wildman–Crippen MR) is 22.6 cm³/mol. The van der Waals surface area contributed by atoms with Crippen molar-refractivity contribution in [2.45, 2.75) is 6.10 Å². The van der Waals surface area contributed by atoms with Gasteiger partial charge in [-0.3, -0.25) is 0 Å². The van der Waals surface area contributed by atoms with E-state index < -0.39 is 11.2 Å². The molecule has 0 aromatic heterocycles. The van der Waals surface area contributed by atoms with Crippen LogP contribution in [-0.4, -0.2) is 11.2 Å². The standard InChI is InChI=1S/C3H5NO3/c1-3(2)7-4(5)6/h3H,1-2H2. The van der Waals surface area contributed by atoms with Crippen LogP contribution in [0.1, 0.15) is 0 Å². The maximum atomic E-state index is 9.31. The molecular weight excluding hydrogens is 98.0 g/mol. The molecule has 0 aliphatic rings. The summed E-state index contributed by atoms with van der Waals surface area (Å²) in [5, 5.41) is 8.39. The Morgan fingerprint density at radius 1 is 1.71 bits per heavy atom. The van der Waals surface area contributed by atoms with Crippen LogP contribution in [0.3, 0.4) is 0 Å². The molecule has 0 unspecified atom stereocenters. The van der Waals surface area contributed by atoms with Gasteiger partial charge >= 0.3 is 0 Å². The maximum Gasteiger partial charge on any atom is 0.294 e. The fourth-order valence-electron chi connectivity index (χ4n) is 0.122. The van der Waals surface area contributed by atoms with Crippen LogP contribution >= 0.6 is 0 Å². The molecule has 0 aliphatic carbocycles. The zero-order valence-electron chi connectivity index (χ0n) is 3.66. The van der Waals surface area contributed by atoms with Crippen molar-refractivity contribution in [3.8, 4) is 0 Å². The van der Waals surface area contributed by atoms with Gasteiger partial charge in [0, 0.05) is 0 Å². The third-order valence-corrected chi connectivity index (χ3v) is 0.235. The van der Waals surface area contributed by atoms with Gasteiger partial charge in [-0.1, -0.05) is 0 Å². The quantitative estimate of drug-likeness (QED) is 0.371. The Labute approximate surface area is 41.2 Å². The van der Waals surface area contributed by atoms with Crippen LogP contribution in [-0.2, 0) is 4.84 Å². The van der Waals surface area contributed by atoms with E-state index in [1.807, 2.05) is 0 Å². The molecule has 0 fully saturated rings. The van der Waals surface area contributed by atoms with Crippen LogP contribution in [0.5, 0.6) is 0 Å². The van der Waals surface area contributed by atoms with Gasteiger partial charge in [-0.25, -0.2) is 0 Å². The number of hydrogen-bond acceptors (Lipinski definition) is 3. The molecule has 4 heteroatoms. The zero-order valence-corrected chi connectivity index (χ0v) is 3.66. The fourth-order valence-corrected chi connectivity index (χ4v) is 0.122. The third kappa shape index (κ3) is 5.20. The molecule has 40 valence electrons. The predicted octanol–water partition coefficient (Wildman–Crippen LogP) is 0.231. The van der Waals surface area contributed by atoms with E-state index in [0.717, 1.165) is 0 Å². The van der Waals surface area contributed by atoms with Gasteiger partial charge < -0.3 is 4.84 Å². The summed E-state index contributed by atoms with van der Waals surface area (Å²) in [5.74, 6) is 0. The Kier molecular flexibility index (Phi) is 2.11. The molecule has 0 N–H and O–H groups in total. The number of hydrogen-bond donors (Lipinski definition) is 0. The maximum absolute atomic E-state index is 9.31. The lowest BCUT2D eigenvalue weighted by Gasteiger charge is -1.96. The topological polar surface area (TPSA) is 52.4 Å². The van der Waals surface area contributed by atoms with E-state index in [9.17, 15) is 10.1 Å². The molecule has 0 spiro atoms. The third-order valence-electron chi connectivity index (χ3n) is 0.235. The second-order valence-corrected chi connectivity index (χ2v) is 0.951. The first kappa shape index (κ1) is 6.20. The van der Waals surface area contributed by atoms with Gasteiger partial charge in [0.15, 0.2) is 0 Å². The van der Waals surface area contributed by atoms with Crippen molar-refractivity contribution in [3.05, 3.63) is 24.0 Å². The van der Waals surface area contributed by atoms with Gasteiger partial charge in [0.1, 0.15) is 6.10 Å². The Morgan fingerprint density at radius 2 is 2.14 bits per heavy atom. The van der Waals surface area contributed by atoms with Gasteiger partial charge in [-0.05, 0) is 13.8 Å². The molecule has 0 aromatic rings. The van der Waals surface area contributed by atoms with Crippen LogP contribution < -0.4 is 0 Å². The lowest BCUT2D eigenvalue weighted by molar-refractivity contribution is -0.763. The van der Waals surface area contributed by atoms with Gasteiger partial charge in [-0.2, -0.15) is 0 Å². The van der Waals surface area contributed by atoms with Gasteiger partial charge in [0.2, 0.25) is 0 Å². The molecule has 2 radical (unpaired) electrons. The highest BCUT2D eigenvalue weighted by molar-refractivity contribution is 4.56. The van der Waals surface area contributed by atoms with Crippen LogP contribution in [0.15, 0.2) is 0 Å². The Hall–Kier alpha value is -0.800. The normalized spacial score (nSPS) is 9.00. The van der Waals surface area contributed by atoms with Crippen molar-refractivity contribution >= 4 is 0 Å². The van der Waals surface area contributed by atoms with Crippen molar-refractivity contribution < 1.29 is 9.92 Å². The van der Waals surface area contributed by atoms with E-state index in [2.05, 4.69) is 18.7 Å². The van der Waals surface area contributed by atoms with E-state index >= 15 is 0 Å². The molecule has 0 saturated heterocycles. The smallest absolute Gasteiger partial charge is 0.294 e. The van der Waals surface area contributed by atoms with Crippen LogP contribution in [0.4, 0.5) is 0 Å². The number of nitrogens with zero attached hydrogens (tertiary/aromatic N) is 1. The minimum absolute atomic E-state index is 0.824. The summed E-state index contributed by atoms with van der Waals surface area (Å²) >= 11 is 0. The van der Waals surface area contributed by atoms with Gasteiger partial charge in [0.05, 0.1) is 0 Å². The summed E-state index contributed by atoms with van der Waals surface area (Å²) in [5.41, 5.74) is 0. The van der Waals surface area contributed by atoms with Crippen molar-refractivity contribution in [2.75, 3.05) is 0 Å². The molecule has 4 nitrogen and oxygen atoms in total. The summed E-state index contributed by atoms with van der Waals surface area (Å²) < 4.78 is 0. The van der Waals surface area contributed by atoms with Crippen LogP contribution in [0.2, 0.25) is 0 Å². The summed E-state index contributed by atoms with van der Waals surface area (Å²) in [6.45, 7) is 6.21. The minimum atomic E-state index is -0.926. The van der Waals surface area contributed by atoms with E-state index in [1.54, 1.807) is 0 Å². The summed E-state index contributed by atoms with van der Waals surface area (Å²) in [4.78, 5) is 13.1. The molecule has 0 rings (SSSR count). The highest BCUT2D eigenvalue weighted by Crippen LogP contribution is 1.83. The first-order valence-corrected chi connectivity index (χ1v) is 1.60. The molecule has 0 heterocycles. The lowest BCUT2D eigenvalue weighted by Crippen LogP contribution is -2.08. The fraction of sp³-hybridized carbons (Fsp3) is 0.333. The highest BCUT2D eigenvalue weighted by atomic mass is 17.0. The largest absolute Gasteiger partial charge is 0.311 e. The summed E-state index contributed by atoms with van der Waals surface area (Å²) in [6.07, 6.45) is -0.824. The summed E-state index contributed by atoms with van der Waals surface area (Å²) in [6, 6.07) is 0. The van der Waals surface area contributed by atoms with Gasteiger partial charge in [0.25, 0.3) is 5.09 Å². The van der Waals surface area contributed by atoms with Crippen molar-refractivity contribution in [1.29, 1.82) is 0 Å². The molecular formula is C3H5NO3. The molecule has 0 atom stereocenters. The van der Waals surface area contributed by atoms with E-state index in [0.29, 0.717) is 0 Å². The van der Waals surface area contributed by atoms with Crippen molar-refractivity contribution in [3.63, 3.8) is 0 Å². The number of rotatable bonds is 2. The second kappa shape index (κ2) is 2.39. The van der Waals surface area contributed by atoms with Crippen LogP contribution in [0, 0.1) is 24.0 Å². The Bertz CT molecular complexity index is 70.6. The van der Waals surface area contributed by atoms with Gasteiger partial charge in [-0.15, -0.1) is 10.1 Å². The Balaban J connectivity index is 3.13. The molecule has 0 saturated carbocycles. The SMILES string of the molecule is [CH2]C([CH2])O[N+](=O)[O-]. The second-order valence-electron chi connectivity index (χ2n) is 0.951. The average Bonchev–Trinajstić information content (AvgIpc) is 1.27. The van der Waals surface area contributed by atoms with E-state index in [4.69, 9.17) is 0 Å². The van der Waals surface area contributed by atoms with E-state index in [1.165, 1.54) is 0 Å². The van der Waals surface area contributed by atoms with Crippen molar-refractivity contribution in [2.24, 2.45) is 0 Å². The highest BCUT2D eigenvalue weighted by Gasteiger charge is 1.96. The van der Waals surface area contributed by atoms with Crippen LogP contribution in [0.25, 0.3) is 0 Å². The molecule has 0 aromatic carbocycles. The first-order valence-electron chi connectivity index (χ1n) is 1.60. The Morgan fingerprint density at radius 3 is 2.14 bits per heavy atom. The summed E-state index contributed by atoms with van der Waals surface area (Å²) in [7, 11) is 0. The lowest BCUT2D eigenvalue weighted by atomic mass is 10.5. The monoisotopic (exact) mass is 103 g/mol. The van der Waals surface area contributed by atoms with E-state index in [-0.39, 0.29) is 0 Å². The molecule has 0 amide bonds. The minimum Gasteiger partial charge on any atom is -0.311 e. The average molecular weight is 103 g/mol. The molecule has 7 heavy (non-hydrogen) atoms. The molecule has 0 bridgehead atoms. The van der Waals surface area contributed by atoms with Crippen molar-refractivity contribution in [1.82, 2.24) is 0 Å². The first-order chi connectivity index (χ1) is 3.13. The molecule has 0 aliphatic heterocycles. The zero-order chi connectivity index (χ0) is 5.86.